The Hall–Kier alpha value is -8.20. The van der Waals surface area contributed by atoms with Crippen LogP contribution in [0.1, 0.15) is 22.3 Å². The van der Waals surface area contributed by atoms with Crippen molar-refractivity contribution in [3.63, 3.8) is 0 Å². The molecule has 0 aliphatic heterocycles. The molecule has 0 saturated heterocycles. The van der Waals surface area contributed by atoms with Crippen LogP contribution in [0.2, 0.25) is 0 Å². The Morgan fingerprint density at radius 1 is 0.277 bits per heavy atom. The predicted octanol–water partition coefficient (Wildman–Crippen LogP) is 16.7. The Labute approximate surface area is 378 Å². The average molecular weight is 829 g/mol. The summed E-state index contributed by atoms with van der Waals surface area (Å²) in [6, 6.07) is 81.2. The number of fused-ring (bicyclic) bond motifs is 9. The summed E-state index contributed by atoms with van der Waals surface area (Å²) in [4.78, 5) is 0. The van der Waals surface area contributed by atoms with Crippen molar-refractivity contribution in [1.82, 2.24) is 9.13 Å². The fourth-order valence-corrected chi connectivity index (χ4v) is 10.8. The van der Waals surface area contributed by atoms with Crippen LogP contribution in [-0.4, -0.2) is 9.13 Å². The first-order valence-corrected chi connectivity index (χ1v) is 22.7. The van der Waals surface area contributed by atoms with Gasteiger partial charge in [-0.3, -0.25) is 0 Å². The highest BCUT2D eigenvalue weighted by molar-refractivity contribution is 6.10. The highest BCUT2D eigenvalue weighted by atomic mass is 15.0. The summed E-state index contributed by atoms with van der Waals surface area (Å²) in [5, 5.41) is 5.08. The molecule has 12 aromatic rings. The molecule has 10 aromatic carbocycles. The fraction of sp³-hybridized carbons (Fsp3) is 0.0476. The number of para-hydroxylation sites is 4. The van der Waals surface area contributed by atoms with E-state index < -0.39 is 0 Å². The second-order valence-electron chi connectivity index (χ2n) is 17.9. The molecular weight excluding hydrogens is 785 g/mol. The summed E-state index contributed by atoms with van der Waals surface area (Å²) in [5.74, 6) is 0. The maximum atomic E-state index is 2.44. The molecule has 0 amide bonds. The number of aromatic nitrogens is 2. The van der Waals surface area contributed by atoms with Crippen LogP contribution in [0.4, 0.5) is 0 Å². The zero-order valence-corrected chi connectivity index (χ0v) is 36.4. The number of hydrogen-bond donors (Lipinski definition) is 0. The van der Waals surface area contributed by atoms with Gasteiger partial charge in [-0.05, 0) is 147 Å². The zero-order chi connectivity index (χ0) is 43.2. The van der Waals surface area contributed by atoms with E-state index in [1.807, 2.05) is 0 Å². The molecule has 0 radical (unpaired) electrons. The molecule has 0 N–H and O–H groups in total. The SMILES string of the molecule is Cc1cc(-c2ccc(-c3ccc(-c4cc(-c5ccc6c(c5)Cc5cc(C)ccc5-6)cc(-n5c6ccccc6c6ccccc65)c4)cc3)cc2)cc(-n2c3ccccc3c3ccccc32)c1. The summed E-state index contributed by atoms with van der Waals surface area (Å²) < 4.78 is 4.85. The zero-order valence-electron chi connectivity index (χ0n) is 36.4. The molecule has 1 aliphatic carbocycles. The first-order chi connectivity index (χ1) is 32.0. The van der Waals surface area contributed by atoms with Gasteiger partial charge in [-0.1, -0.05) is 169 Å². The van der Waals surface area contributed by atoms with Gasteiger partial charge < -0.3 is 9.13 Å². The van der Waals surface area contributed by atoms with Gasteiger partial charge in [-0.15, -0.1) is 0 Å². The van der Waals surface area contributed by atoms with E-state index in [1.54, 1.807) is 0 Å². The molecule has 2 nitrogen and oxygen atoms in total. The minimum Gasteiger partial charge on any atom is -0.309 e. The van der Waals surface area contributed by atoms with Crippen molar-refractivity contribution >= 4 is 43.6 Å². The Kier molecular flexibility index (Phi) is 8.44. The van der Waals surface area contributed by atoms with Crippen molar-refractivity contribution in [2.45, 2.75) is 20.3 Å². The van der Waals surface area contributed by atoms with Gasteiger partial charge in [0.25, 0.3) is 0 Å². The van der Waals surface area contributed by atoms with Crippen molar-refractivity contribution < 1.29 is 0 Å². The molecule has 13 rings (SSSR count). The van der Waals surface area contributed by atoms with Crippen molar-refractivity contribution in [2.75, 3.05) is 0 Å². The van der Waals surface area contributed by atoms with Crippen LogP contribution in [0.5, 0.6) is 0 Å². The lowest BCUT2D eigenvalue weighted by molar-refractivity contribution is 1.17. The van der Waals surface area contributed by atoms with E-state index in [0.29, 0.717) is 0 Å². The van der Waals surface area contributed by atoms with Crippen molar-refractivity contribution in [1.29, 1.82) is 0 Å². The van der Waals surface area contributed by atoms with E-state index in [2.05, 4.69) is 241 Å². The van der Waals surface area contributed by atoms with E-state index in [-0.39, 0.29) is 0 Å². The van der Waals surface area contributed by atoms with Crippen LogP contribution in [0.3, 0.4) is 0 Å². The van der Waals surface area contributed by atoms with Gasteiger partial charge in [0, 0.05) is 32.9 Å². The summed E-state index contributed by atoms with van der Waals surface area (Å²) in [7, 11) is 0. The van der Waals surface area contributed by atoms with E-state index in [9.17, 15) is 0 Å². The quantitative estimate of drug-likeness (QED) is 0.158. The van der Waals surface area contributed by atoms with E-state index in [0.717, 1.165) is 12.1 Å². The second kappa shape index (κ2) is 14.7. The van der Waals surface area contributed by atoms with Crippen LogP contribution in [0.25, 0.3) is 111 Å². The smallest absolute Gasteiger partial charge is 0.0541 e. The first kappa shape index (κ1) is 37.4. The predicted molar refractivity (Wildman–Crippen MR) is 275 cm³/mol. The minimum absolute atomic E-state index is 0.969. The summed E-state index contributed by atoms with van der Waals surface area (Å²) >= 11 is 0. The van der Waals surface area contributed by atoms with Crippen LogP contribution in [0.15, 0.2) is 218 Å². The standard InChI is InChI=1S/C63H44N2/c1-40-19-29-54-50(31-40)36-51-34-46(28-30-55(51)54)49-35-48(38-53(39-49)65-62-17-9-5-13-58(62)59-14-6-10-18-63(59)65)45-26-22-43(23-27-45)42-20-24-44(25-21-42)47-32-41(2)33-52(37-47)64-60-15-7-3-11-56(60)57-12-4-8-16-61(57)64/h3-35,37-39H,36H2,1-2H3. The maximum Gasteiger partial charge on any atom is 0.0541 e. The first-order valence-electron chi connectivity index (χ1n) is 22.7. The molecule has 2 heterocycles. The Morgan fingerprint density at radius 2 is 0.646 bits per heavy atom. The lowest BCUT2D eigenvalue weighted by Gasteiger charge is -2.15. The summed E-state index contributed by atoms with van der Waals surface area (Å²) in [5.41, 5.74) is 25.0. The second-order valence-corrected chi connectivity index (χ2v) is 17.9. The van der Waals surface area contributed by atoms with E-state index in [4.69, 9.17) is 0 Å². The largest absolute Gasteiger partial charge is 0.309 e. The third-order valence-corrected chi connectivity index (χ3v) is 13.8. The van der Waals surface area contributed by atoms with Crippen LogP contribution in [-0.2, 0) is 6.42 Å². The highest BCUT2D eigenvalue weighted by Gasteiger charge is 2.21. The van der Waals surface area contributed by atoms with Gasteiger partial charge in [0.05, 0.1) is 22.1 Å². The van der Waals surface area contributed by atoms with Gasteiger partial charge in [0.2, 0.25) is 0 Å². The normalized spacial score (nSPS) is 12.1. The number of nitrogens with zero attached hydrogens (tertiary/aromatic N) is 2. The van der Waals surface area contributed by atoms with Gasteiger partial charge >= 0.3 is 0 Å². The van der Waals surface area contributed by atoms with Crippen molar-refractivity contribution in [3.8, 4) is 67.0 Å². The molecule has 0 saturated carbocycles. The molecular formula is C63H44N2. The van der Waals surface area contributed by atoms with E-state index in [1.165, 1.54) is 127 Å². The molecule has 0 spiro atoms. The number of rotatable bonds is 6. The Morgan fingerprint density at radius 3 is 1.14 bits per heavy atom. The van der Waals surface area contributed by atoms with Gasteiger partial charge in [0.15, 0.2) is 0 Å². The lowest BCUT2D eigenvalue weighted by Crippen LogP contribution is -1.96. The molecule has 0 atom stereocenters. The molecule has 0 unspecified atom stereocenters. The third-order valence-electron chi connectivity index (χ3n) is 13.8. The fourth-order valence-electron chi connectivity index (χ4n) is 10.8. The number of aryl methyl sites for hydroxylation is 2. The van der Waals surface area contributed by atoms with Gasteiger partial charge in [-0.2, -0.15) is 0 Å². The van der Waals surface area contributed by atoms with Crippen LogP contribution >= 0.6 is 0 Å². The van der Waals surface area contributed by atoms with Gasteiger partial charge in [-0.25, -0.2) is 0 Å². The number of hydrogen-bond acceptors (Lipinski definition) is 0. The molecule has 306 valence electrons. The summed E-state index contributed by atoms with van der Waals surface area (Å²) in [6.07, 6.45) is 0.969. The van der Waals surface area contributed by atoms with E-state index >= 15 is 0 Å². The molecule has 1 aliphatic rings. The molecule has 65 heavy (non-hydrogen) atoms. The monoisotopic (exact) mass is 828 g/mol. The Bertz CT molecular complexity index is 3750. The van der Waals surface area contributed by atoms with Crippen molar-refractivity contribution in [3.05, 3.63) is 241 Å². The van der Waals surface area contributed by atoms with Crippen LogP contribution < -0.4 is 0 Å². The minimum atomic E-state index is 0.969. The number of benzene rings is 10. The maximum absolute atomic E-state index is 2.44. The molecule has 2 heteroatoms. The third kappa shape index (κ3) is 6.17. The molecule has 0 fully saturated rings. The molecule has 2 aromatic heterocycles. The lowest BCUT2D eigenvalue weighted by atomic mass is 9.94. The van der Waals surface area contributed by atoms with Crippen LogP contribution in [0, 0.1) is 13.8 Å². The van der Waals surface area contributed by atoms with Crippen molar-refractivity contribution in [2.24, 2.45) is 0 Å². The Balaban J connectivity index is 0.868. The highest BCUT2D eigenvalue weighted by Crippen LogP contribution is 2.42. The molecule has 0 bridgehead atoms. The average Bonchev–Trinajstić information content (AvgIpc) is 4.01. The topological polar surface area (TPSA) is 9.86 Å². The summed E-state index contributed by atoms with van der Waals surface area (Å²) in [6.45, 7) is 4.39. The van der Waals surface area contributed by atoms with Gasteiger partial charge in [0.1, 0.15) is 0 Å².